The first-order valence-corrected chi connectivity index (χ1v) is 9.21. The highest BCUT2D eigenvalue weighted by Gasteiger charge is 2.59. The molecule has 1 aromatic rings. The minimum Gasteiger partial charge on any atom is -0.464 e. The lowest BCUT2D eigenvalue weighted by Gasteiger charge is -2.54. The number of carbonyl (C=O) groups excluding carboxylic acids is 2. The molecule has 3 fully saturated rings. The molecule has 24 heavy (non-hydrogen) atoms. The summed E-state index contributed by atoms with van der Waals surface area (Å²) in [7, 11) is 0. The molecule has 3 saturated heterocycles. The fraction of sp³-hybridized carbons (Fsp3) is 0.556. The fourth-order valence-electron chi connectivity index (χ4n) is 4.12. The van der Waals surface area contributed by atoms with E-state index in [4.69, 9.17) is 4.74 Å². The number of esters is 1. The Balaban J connectivity index is 1.78. The van der Waals surface area contributed by atoms with Crippen LogP contribution in [-0.2, 0) is 9.53 Å². The third-order valence-electron chi connectivity index (χ3n) is 5.43. The highest BCUT2D eigenvalue weighted by Crippen LogP contribution is 2.41. The van der Waals surface area contributed by atoms with E-state index < -0.39 is 11.6 Å². The topological polar surface area (TPSA) is 63.6 Å². The first-order valence-electron chi connectivity index (χ1n) is 8.42. The number of Topliss-reactive ketones (excluding diaryl/α,β-unsaturated/α-hetero) is 1. The van der Waals surface area contributed by atoms with Crippen molar-refractivity contribution in [2.45, 2.75) is 25.4 Å². The summed E-state index contributed by atoms with van der Waals surface area (Å²) in [6.45, 7) is 4.24. The lowest BCUT2D eigenvalue weighted by atomic mass is 9.73. The van der Waals surface area contributed by atoms with Gasteiger partial charge in [0.1, 0.15) is 13.1 Å². The van der Waals surface area contributed by atoms with Crippen molar-refractivity contribution in [1.82, 2.24) is 0 Å². The number of hydrogen-bond donors (Lipinski definition) is 1. The molecule has 1 aromatic carbocycles. The van der Waals surface area contributed by atoms with Crippen molar-refractivity contribution in [3.8, 4) is 0 Å². The highest BCUT2D eigenvalue weighted by atomic mass is 79.9. The molecule has 3 heterocycles. The number of aliphatic hydroxyl groups is 1. The average Bonchev–Trinajstić information content (AvgIpc) is 2.56. The molecule has 1 unspecified atom stereocenters. The lowest BCUT2D eigenvalue weighted by Crippen LogP contribution is -2.72. The molecule has 2 bridgehead atoms. The molecule has 0 saturated carbocycles. The number of fused-ring (bicyclic) bond motifs is 3. The van der Waals surface area contributed by atoms with E-state index in [2.05, 4.69) is 15.9 Å². The van der Waals surface area contributed by atoms with Crippen LogP contribution in [0.4, 0.5) is 0 Å². The monoisotopic (exact) mass is 396 g/mol. The third kappa shape index (κ3) is 3.15. The quantitative estimate of drug-likeness (QED) is 0.470. The maximum atomic E-state index is 12.7. The van der Waals surface area contributed by atoms with Crippen molar-refractivity contribution in [3.05, 3.63) is 34.3 Å². The van der Waals surface area contributed by atoms with E-state index in [9.17, 15) is 14.7 Å². The predicted molar refractivity (Wildman–Crippen MR) is 92.5 cm³/mol. The molecule has 0 amide bonds. The van der Waals surface area contributed by atoms with Gasteiger partial charge in [-0.1, -0.05) is 28.1 Å². The Bertz CT molecular complexity index is 637. The van der Waals surface area contributed by atoms with Gasteiger partial charge in [-0.15, -0.1) is 0 Å². The normalized spacial score (nSPS) is 31.7. The molecule has 0 spiro atoms. The zero-order chi connectivity index (χ0) is 17.4. The van der Waals surface area contributed by atoms with Gasteiger partial charge in [-0.2, -0.15) is 0 Å². The molecule has 0 aliphatic carbocycles. The Morgan fingerprint density at radius 2 is 1.92 bits per heavy atom. The van der Waals surface area contributed by atoms with Crippen LogP contribution in [0.3, 0.4) is 0 Å². The highest BCUT2D eigenvalue weighted by molar-refractivity contribution is 9.10. The number of ketones is 1. The number of rotatable bonds is 5. The molecule has 0 radical (unpaired) electrons. The predicted octanol–water partition coefficient (Wildman–Crippen LogP) is 2.17. The van der Waals surface area contributed by atoms with E-state index in [0.29, 0.717) is 16.6 Å². The Kier molecular flexibility index (Phi) is 4.82. The smallest absolute Gasteiger partial charge is 0.344 e. The van der Waals surface area contributed by atoms with E-state index in [1.165, 1.54) is 0 Å². The second kappa shape index (κ2) is 6.58. The second-order valence-electron chi connectivity index (χ2n) is 6.95. The lowest BCUT2D eigenvalue weighted by molar-refractivity contribution is -0.941. The SMILES string of the molecule is CCOC(=O)C1(O)C[N+]2(CC(=O)c3ccc(Br)cc3)CCC1CC2. The molecule has 6 heteroatoms. The standard InChI is InChI=1S/C18H23BrNO4/c1-2-24-17(22)18(23)12-20(9-7-14(18)8-10-20)11-16(21)13-3-5-15(19)6-4-13/h3-6,14,23H,2,7-12H2,1H3/q+1. The number of ether oxygens (including phenoxy) is 1. The Morgan fingerprint density at radius 3 is 2.50 bits per heavy atom. The van der Waals surface area contributed by atoms with Gasteiger partial charge in [0.2, 0.25) is 11.4 Å². The van der Waals surface area contributed by atoms with E-state index >= 15 is 0 Å². The Morgan fingerprint density at radius 1 is 1.29 bits per heavy atom. The number of nitrogens with zero attached hydrogens (tertiary/aromatic N) is 1. The Hall–Kier alpha value is -1.24. The van der Waals surface area contributed by atoms with Crippen LogP contribution in [0.2, 0.25) is 0 Å². The van der Waals surface area contributed by atoms with Crippen LogP contribution < -0.4 is 0 Å². The van der Waals surface area contributed by atoms with Crippen LogP contribution in [0.5, 0.6) is 0 Å². The van der Waals surface area contributed by atoms with Crippen LogP contribution >= 0.6 is 15.9 Å². The summed E-state index contributed by atoms with van der Waals surface area (Å²) >= 11 is 3.37. The van der Waals surface area contributed by atoms with Crippen molar-refractivity contribution >= 4 is 27.7 Å². The minimum atomic E-state index is -1.45. The summed E-state index contributed by atoms with van der Waals surface area (Å²) in [5.74, 6) is -0.540. The van der Waals surface area contributed by atoms with Crippen molar-refractivity contribution < 1.29 is 23.9 Å². The van der Waals surface area contributed by atoms with Gasteiger partial charge in [0.05, 0.1) is 19.7 Å². The molecule has 3 aliphatic heterocycles. The molecule has 5 nitrogen and oxygen atoms in total. The maximum absolute atomic E-state index is 12.7. The van der Waals surface area contributed by atoms with Gasteiger partial charge in [-0.05, 0) is 19.1 Å². The van der Waals surface area contributed by atoms with Crippen molar-refractivity contribution in [3.63, 3.8) is 0 Å². The molecular weight excluding hydrogens is 374 g/mol. The first kappa shape index (κ1) is 17.6. The zero-order valence-electron chi connectivity index (χ0n) is 13.8. The molecule has 1 N–H and O–H groups in total. The van der Waals surface area contributed by atoms with Gasteiger partial charge >= 0.3 is 5.97 Å². The molecule has 3 aliphatic rings. The van der Waals surface area contributed by atoms with Gasteiger partial charge in [0, 0.05) is 28.8 Å². The fourth-order valence-corrected chi connectivity index (χ4v) is 4.39. The molecule has 0 aromatic heterocycles. The van der Waals surface area contributed by atoms with Gasteiger partial charge < -0.3 is 14.3 Å². The van der Waals surface area contributed by atoms with Crippen molar-refractivity contribution in [2.75, 3.05) is 32.8 Å². The van der Waals surface area contributed by atoms with Gasteiger partial charge in [-0.25, -0.2) is 4.79 Å². The van der Waals surface area contributed by atoms with Crippen LogP contribution in [0.1, 0.15) is 30.1 Å². The minimum absolute atomic E-state index is 0.0501. The number of halogens is 1. The average molecular weight is 397 g/mol. The van der Waals surface area contributed by atoms with E-state index in [0.717, 1.165) is 30.4 Å². The summed E-state index contributed by atoms with van der Waals surface area (Å²) in [4.78, 5) is 25.0. The van der Waals surface area contributed by atoms with Crippen molar-refractivity contribution in [1.29, 1.82) is 0 Å². The first-order chi connectivity index (χ1) is 11.4. The van der Waals surface area contributed by atoms with Crippen LogP contribution in [-0.4, -0.2) is 59.7 Å². The summed E-state index contributed by atoms with van der Waals surface area (Å²) in [5, 5.41) is 10.9. The second-order valence-corrected chi connectivity index (χ2v) is 7.87. The van der Waals surface area contributed by atoms with E-state index in [1.807, 2.05) is 12.1 Å². The zero-order valence-corrected chi connectivity index (χ0v) is 15.4. The molecule has 1 atom stereocenters. The van der Waals surface area contributed by atoms with Gasteiger partial charge in [0.25, 0.3) is 0 Å². The number of piperidine rings is 3. The number of carbonyl (C=O) groups is 2. The summed E-state index contributed by atoms with van der Waals surface area (Å²) in [5.41, 5.74) is -0.787. The molecular formula is C18H23BrNO4+. The summed E-state index contributed by atoms with van der Waals surface area (Å²) in [6.07, 6.45) is 1.51. The van der Waals surface area contributed by atoms with E-state index in [1.54, 1.807) is 19.1 Å². The van der Waals surface area contributed by atoms with Gasteiger partial charge in [0.15, 0.2) is 0 Å². The summed E-state index contributed by atoms with van der Waals surface area (Å²) in [6, 6.07) is 7.31. The van der Waals surface area contributed by atoms with Gasteiger partial charge in [-0.3, -0.25) is 4.79 Å². The van der Waals surface area contributed by atoms with Crippen LogP contribution in [0.15, 0.2) is 28.7 Å². The maximum Gasteiger partial charge on any atom is 0.344 e. The van der Waals surface area contributed by atoms with E-state index in [-0.39, 0.29) is 24.9 Å². The summed E-state index contributed by atoms with van der Waals surface area (Å²) < 4.78 is 6.50. The largest absolute Gasteiger partial charge is 0.464 e. The molecule has 130 valence electrons. The number of quaternary nitrogens is 1. The number of hydrogen-bond acceptors (Lipinski definition) is 4. The van der Waals surface area contributed by atoms with Crippen LogP contribution in [0.25, 0.3) is 0 Å². The van der Waals surface area contributed by atoms with Crippen molar-refractivity contribution in [2.24, 2.45) is 5.92 Å². The Labute approximate surface area is 150 Å². The molecule has 4 rings (SSSR count). The van der Waals surface area contributed by atoms with Crippen LogP contribution in [0, 0.1) is 5.92 Å². The third-order valence-corrected chi connectivity index (χ3v) is 5.96. The number of benzene rings is 1.